The first kappa shape index (κ1) is 24.1. The molecule has 0 atom stereocenters. The van der Waals surface area contributed by atoms with Gasteiger partial charge in [0.1, 0.15) is 11.3 Å². The van der Waals surface area contributed by atoms with Crippen LogP contribution in [-0.2, 0) is 11.3 Å². The molecule has 5 heterocycles. The highest BCUT2D eigenvalue weighted by Gasteiger charge is 2.23. The molecule has 0 aromatic carbocycles. The van der Waals surface area contributed by atoms with E-state index in [-0.39, 0.29) is 11.7 Å². The highest BCUT2D eigenvalue weighted by atomic mass is 32.2. The van der Waals surface area contributed by atoms with Crippen LogP contribution in [0.5, 0.6) is 0 Å². The molecule has 36 heavy (non-hydrogen) atoms. The van der Waals surface area contributed by atoms with Crippen molar-refractivity contribution in [3.8, 4) is 22.8 Å². The minimum absolute atomic E-state index is 0.0777. The molecule has 186 valence electrons. The van der Waals surface area contributed by atoms with Gasteiger partial charge in [0.25, 0.3) is 5.89 Å². The Labute approximate surface area is 212 Å². The van der Waals surface area contributed by atoms with Gasteiger partial charge in [-0.1, -0.05) is 28.1 Å². The molecule has 0 N–H and O–H groups in total. The number of amides is 1. The monoisotopic (exact) mass is 506 g/mol. The summed E-state index contributed by atoms with van der Waals surface area (Å²) in [7, 11) is 0. The Bertz CT molecular complexity index is 1310. The van der Waals surface area contributed by atoms with Crippen LogP contribution in [0.1, 0.15) is 23.7 Å². The highest BCUT2D eigenvalue weighted by molar-refractivity contribution is 7.99. The third-order valence-electron chi connectivity index (χ3n) is 5.91. The first-order valence-corrected chi connectivity index (χ1v) is 12.7. The Hall–Kier alpha value is -3.64. The Balaban J connectivity index is 1.13. The molecule has 1 aliphatic heterocycles. The fourth-order valence-electron chi connectivity index (χ4n) is 4.07. The molecule has 1 amide bonds. The normalized spacial score (nSPS) is 14.7. The molecular formula is C24H26N8O3S. The van der Waals surface area contributed by atoms with Crippen molar-refractivity contribution in [1.82, 2.24) is 40.0 Å². The molecule has 1 aliphatic rings. The molecule has 0 bridgehead atoms. The molecule has 11 nitrogen and oxygen atoms in total. The van der Waals surface area contributed by atoms with Crippen molar-refractivity contribution in [1.29, 1.82) is 0 Å². The summed E-state index contributed by atoms with van der Waals surface area (Å²) in [5, 5.41) is 8.63. The molecule has 4 aromatic rings. The molecule has 0 radical (unpaired) electrons. The summed E-state index contributed by atoms with van der Waals surface area (Å²) in [6.45, 7) is 7.15. The maximum atomic E-state index is 12.9. The number of hydrogen-bond donors (Lipinski definition) is 0. The zero-order valence-electron chi connectivity index (χ0n) is 20.1. The summed E-state index contributed by atoms with van der Waals surface area (Å²) >= 11 is 1.34. The summed E-state index contributed by atoms with van der Waals surface area (Å²) in [6.07, 6.45) is 4.30. The number of carbonyl (C=O) groups excluding carboxylic acids is 1. The molecule has 0 aliphatic carbocycles. The van der Waals surface area contributed by atoms with E-state index in [4.69, 9.17) is 9.05 Å². The molecule has 1 fully saturated rings. The number of thioether (sulfide) groups is 1. The van der Waals surface area contributed by atoms with Crippen molar-refractivity contribution in [3.63, 3.8) is 0 Å². The van der Waals surface area contributed by atoms with Crippen LogP contribution in [0.25, 0.3) is 22.8 Å². The lowest BCUT2D eigenvalue weighted by Crippen LogP contribution is -2.36. The zero-order valence-corrected chi connectivity index (χ0v) is 20.9. The smallest absolute Gasteiger partial charge is 0.263 e. The van der Waals surface area contributed by atoms with Gasteiger partial charge in [-0.15, -0.1) is 0 Å². The predicted octanol–water partition coefficient (Wildman–Crippen LogP) is 3.02. The van der Waals surface area contributed by atoms with E-state index in [1.165, 1.54) is 11.8 Å². The second-order valence-electron chi connectivity index (χ2n) is 8.45. The summed E-state index contributed by atoms with van der Waals surface area (Å²) in [5.74, 6) is 2.04. The Kier molecular flexibility index (Phi) is 7.33. The molecule has 0 spiro atoms. The number of nitrogens with zero attached hydrogens (tertiary/aromatic N) is 8. The average molecular weight is 507 g/mol. The van der Waals surface area contributed by atoms with Gasteiger partial charge in [-0.2, -0.15) is 4.98 Å². The van der Waals surface area contributed by atoms with Crippen LogP contribution in [-0.4, -0.2) is 77.9 Å². The fraction of sp³-hybridized carbons (Fsp3) is 0.375. The molecular weight excluding hydrogens is 480 g/mol. The number of rotatable bonds is 7. The second kappa shape index (κ2) is 11.0. The van der Waals surface area contributed by atoms with Crippen molar-refractivity contribution in [2.75, 3.05) is 31.9 Å². The quantitative estimate of drug-likeness (QED) is 0.271. The topological polar surface area (TPSA) is 127 Å². The number of hydrogen-bond acceptors (Lipinski definition) is 11. The zero-order chi connectivity index (χ0) is 24.9. The standard InChI is InChI=1S/C24H26N8O3S/c1-16-22(17(2)34-29-16)23-28-20(30-35-23)14-31-10-5-11-32(13-12-31)21(33)15-36-24-26-9-7-19(27-24)18-6-3-4-8-25-18/h3-4,6-9H,5,10-15H2,1-2H3. The lowest BCUT2D eigenvalue weighted by Gasteiger charge is -2.21. The molecule has 1 saturated heterocycles. The van der Waals surface area contributed by atoms with Crippen LogP contribution in [0.3, 0.4) is 0 Å². The third kappa shape index (κ3) is 5.60. The largest absolute Gasteiger partial charge is 0.361 e. The molecule has 5 rings (SSSR count). The van der Waals surface area contributed by atoms with Gasteiger partial charge in [-0.3, -0.25) is 14.7 Å². The van der Waals surface area contributed by atoms with E-state index < -0.39 is 0 Å². The Morgan fingerprint density at radius 1 is 0.972 bits per heavy atom. The van der Waals surface area contributed by atoms with E-state index in [2.05, 4.69) is 35.1 Å². The van der Waals surface area contributed by atoms with E-state index in [1.807, 2.05) is 43.0 Å². The average Bonchev–Trinajstić information content (AvgIpc) is 3.40. The van der Waals surface area contributed by atoms with Crippen LogP contribution in [0.15, 0.2) is 50.9 Å². The number of carbonyl (C=O) groups is 1. The minimum atomic E-state index is 0.0777. The summed E-state index contributed by atoms with van der Waals surface area (Å²) < 4.78 is 10.6. The molecule has 4 aromatic heterocycles. The number of pyridine rings is 1. The van der Waals surface area contributed by atoms with Gasteiger partial charge in [0.2, 0.25) is 5.91 Å². The first-order chi connectivity index (χ1) is 17.6. The van der Waals surface area contributed by atoms with Crippen molar-refractivity contribution < 1.29 is 13.8 Å². The lowest BCUT2D eigenvalue weighted by atomic mass is 10.2. The molecule has 12 heteroatoms. The van der Waals surface area contributed by atoms with Crippen LogP contribution < -0.4 is 0 Å². The van der Waals surface area contributed by atoms with Crippen molar-refractivity contribution in [3.05, 3.63) is 53.9 Å². The second-order valence-corrected chi connectivity index (χ2v) is 9.40. The van der Waals surface area contributed by atoms with Crippen LogP contribution in [0.2, 0.25) is 0 Å². The van der Waals surface area contributed by atoms with Crippen LogP contribution in [0, 0.1) is 13.8 Å². The van der Waals surface area contributed by atoms with Crippen LogP contribution in [0.4, 0.5) is 0 Å². The molecule has 0 saturated carbocycles. The minimum Gasteiger partial charge on any atom is -0.361 e. The Morgan fingerprint density at radius 3 is 2.69 bits per heavy atom. The number of aromatic nitrogens is 6. The third-order valence-corrected chi connectivity index (χ3v) is 6.75. The summed E-state index contributed by atoms with van der Waals surface area (Å²) in [5.41, 5.74) is 2.98. The summed E-state index contributed by atoms with van der Waals surface area (Å²) in [6, 6.07) is 7.50. The van der Waals surface area contributed by atoms with E-state index in [0.717, 1.165) is 42.2 Å². The summed E-state index contributed by atoms with van der Waals surface area (Å²) in [4.78, 5) is 34.7. The maximum Gasteiger partial charge on any atom is 0.263 e. The van der Waals surface area contributed by atoms with Gasteiger partial charge in [-0.25, -0.2) is 9.97 Å². The van der Waals surface area contributed by atoms with Gasteiger partial charge in [0, 0.05) is 38.6 Å². The van der Waals surface area contributed by atoms with E-state index in [1.54, 1.807) is 12.4 Å². The fourth-order valence-corrected chi connectivity index (χ4v) is 4.80. The van der Waals surface area contributed by atoms with Gasteiger partial charge in [0.15, 0.2) is 11.0 Å². The van der Waals surface area contributed by atoms with Crippen molar-refractivity contribution in [2.45, 2.75) is 32.0 Å². The maximum absolute atomic E-state index is 12.9. The predicted molar refractivity (Wildman–Crippen MR) is 132 cm³/mol. The van der Waals surface area contributed by atoms with Crippen molar-refractivity contribution >= 4 is 17.7 Å². The SMILES string of the molecule is Cc1noc(C)c1-c1nc(CN2CCCN(C(=O)CSc3nccc(-c4ccccn4)n3)CC2)no1. The van der Waals surface area contributed by atoms with Crippen LogP contribution >= 0.6 is 11.8 Å². The van der Waals surface area contributed by atoms with E-state index in [0.29, 0.717) is 42.3 Å². The van der Waals surface area contributed by atoms with Gasteiger partial charge in [0.05, 0.1) is 29.4 Å². The molecule has 0 unspecified atom stereocenters. The van der Waals surface area contributed by atoms with E-state index in [9.17, 15) is 4.79 Å². The van der Waals surface area contributed by atoms with Gasteiger partial charge >= 0.3 is 0 Å². The highest BCUT2D eigenvalue weighted by Crippen LogP contribution is 2.25. The number of aryl methyl sites for hydroxylation is 2. The van der Waals surface area contributed by atoms with E-state index >= 15 is 0 Å². The lowest BCUT2D eigenvalue weighted by molar-refractivity contribution is -0.128. The van der Waals surface area contributed by atoms with Gasteiger partial charge in [-0.05, 0) is 38.5 Å². The van der Waals surface area contributed by atoms with Crippen molar-refractivity contribution in [2.24, 2.45) is 0 Å². The van der Waals surface area contributed by atoms with Gasteiger partial charge < -0.3 is 13.9 Å². The Morgan fingerprint density at radius 2 is 1.89 bits per heavy atom. The first-order valence-electron chi connectivity index (χ1n) is 11.7.